The number of hydrogen-bond acceptors (Lipinski definition) is 4. The van der Waals surface area contributed by atoms with E-state index in [0.717, 1.165) is 17.2 Å². The summed E-state index contributed by atoms with van der Waals surface area (Å²) in [6, 6.07) is 6.07. The maximum absolute atomic E-state index is 14.0. The maximum Gasteiger partial charge on any atom is 0.163 e. The third-order valence-electron chi connectivity index (χ3n) is 3.64. The van der Waals surface area contributed by atoms with Crippen LogP contribution in [0.2, 0.25) is 0 Å². The molecule has 3 rings (SSSR count). The van der Waals surface area contributed by atoms with Gasteiger partial charge in [-0.3, -0.25) is 4.68 Å². The van der Waals surface area contributed by atoms with Crippen LogP contribution in [-0.2, 0) is 7.05 Å². The predicted octanol–water partition coefficient (Wildman–Crippen LogP) is 4.20. The minimum Gasteiger partial charge on any atom is -0.383 e. The molecule has 0 fully saturated rings. The zero-order chi connectivity index (χ0) is 17.3. The van der Waals surface area contributed by atoms with Gasteiger partial charge >= 0.3 is 0 Å². The number of nitrogens with two attached hydrogens (primary N) is 1. The number of anilines is 1. The molecule has 1 aromatic carbocycles. The molecule has 0 aliphatic rings. The molecule has 2 N–H and O–H groups in total. The number of aromatic nitrogens is 3. The molecule has 1 atom stereocenters. The van der Waals surface area contributed by atoms with E-state index in [1.54, 1.807) is 30.1 Å². The highest BCUT2D eigenvalue weighted by atomic mass is 32.2. The average Bonchev–Trinajstić information content (AvgIpc) is 2.98. The lowest BCUT2D eigenvalue weighted by molar-refractivity contribution is 0.499. The standard InChI is InChI=1S/C17H16F2N4S/c1-10(13-4-3-5-14(18)16(13)19)24-15-6-11(7-21-17(15)20)12-8-22-23(2)9-12/h3-10H,1-2H3,(H2,20,21). The monoisotopic (exact) mass is 346 g/mol. The zero-order valence-electron chi connectivity index (χ0n) is 13.2. The maximum atomic E-state index is 14.0. The van der Waals surface area contributed by atoms with E-state index >= 15 is 0 Å². The van der Waals surface area contributed by atoms with Gasteiger partial charge in [0.2, 0.25) is 0 Å². The third-order valence-corrected chi connectivity index (χ3v) is 4.83. The first kappa shape index (κ1) is 16.4. The van der Waals surface area contributed by atoms with Crippen molar-refractivity contribution in [2.75, 3.05) is 5.73 Å². The van der Waals surface area contributed by atoms with Gasteiger partial charge in [-0.1, -0.05) is 12.1 Å². The molecule has 4 nitrogen and oxygen atoms in total. The van der Waals surface area contributed by atoms with E-state index < -0.39 is 11.6 Å². The van der Waals surface area contributed by atoms with Crippen LogP contribution in [-0.4, -0.2) is 14.8 Å². The van der Waals surface area contributed by atoms with Gasteiger partial charge in [-0.2, -0.15) is 5.10 Å². The minimum absolute atomic E-state index is 0.297. The van der Waals surface area contributed by atoms with Crippen molar-refractivity contribution < 1.29 is 8.78 Å². The van der Waals surface area contributed by atoms with E-state index in [1.807, 2.05) is 19.3 Å². The second-order valence-electron chi connectivity index (χ2n) is 5.41. The van der Waals surface area contributed by atoms with Crippen molar-refractivity contribution in [2.24, 2.45) is 7.05 Å². The molecular formula is C17H16F2N4S. The number of benzene rings is 1. The van der Waals surface area contributed by atoms with E-state index in [0.29, 0.717) is 16.3 Å². The quantitative estimate of drug-likeness (QED) is 0.720. The molecular weight excluding hydrogens is 330 g/mol. The first-order valence-electron chi connectivity index (χ1n) is 7.31. The summed E-state index contributed by atoms with van der Waals surface area (Å²) < 4.78 is 29.1. The van der Waals surface area contributed by atoms with Gasteiger partial charge in [-0.05, 0) is 19.1 Å². The molecule has 0 saturated heterocycles. The van der Waals surface area contributed by atoms with E-state index in [4.69, 9.17) is 5.73 Å². The van der Waals surface area contributed by atoms with Crippen molar-refractivity contribution in [3.63, 3.8) is 0 Å². The van der Waals surface area contributed by atoms with Gasteiger partial charge in [0.15, 0.2) is 11.6 Å². The lowest BCUT2D eigenvalue weighted by atomic mass is 10.1. The molecule has 1 unspecified atom stereocenters. The van der Waals surface area contributed by atoms with Crippen molar-refractivity contribution in [1.29, 1.82) is 0 Å². The Hall–Kier alpha value is -2.41. The molecule has 0 saturated carbocycles. The van der Waals surface area contributed by atoms with E-state index in [1.165, 1.54) is 17.8 Å². The van der Waals surface area contributed by atoms with Crippen LogP contribution in [0.1, 0.15) is 17.7 Å². The number of hydrogen-bond donors (Lipinski definition) is 1. The normalized spacial score (nSPS) is 12.3. The smallest absolute Gasteiger partial charge is 0.163 e. The number of thioether (sulfide) groups is 1. The van der Waals surface area contributed by atoms with Crippen molar-refractivity contribution in [3.8, 4) is 11.1 Å². The lowest BCUT2D eigenvalue weighted by Crippen LogP contribution is -1.99. The van der Waals surface area contributed by atoms with Crippen molar-refractivity contribution in [3.05, 3.63) is 60.1 Å². The highest BCUT2D eigenvalue weighted by molar-refractivity contribution is 7.99. The summed E-state index contributed by atoms with van der Waals surface area (Å²) in [5.41, 5.74) is 8.02. The van der Waals surface area contributed by atoms with Gasteiger partial charge in [-0.15, -0.1) is 11.8 Å². The molecule has 0 radical (unpaired) electrons. The Bertz CT molecular complexity index is 879. The fourth-order valence-corrected chi connectivity index (χ4v) is 3.42. The van der Waals surface area contributed by atoms with Crippen molar-refractivity contribution in [2.45, 2.75) is 17.1 Å². The number of pyridine rings is 1. The second-order valence-corrected chi connectivity index (χ2v) is 6.80. The van der Waals surface area contributed by atoms with Crippen molar-refractivity contribution in [1.82, 2.24) is 14.8 Å². The Morgan fingerprint density at radius 1 is 1.21 bits per heavy atom. The molecule has 0 bridgehead atoms. The van der Waals surface area contributed by atoms with Gasteiger partial charge in [0, 0.05) is 41.4 Å². The predicted molar refractivity (Wildman–Crippen MR) is 91.5 cm³/mol. The number of rotatable bonds is 4. The molecule has 3 aromatic rings. The summed E-state index contributed by atoms with van der Waals surface area (Å²) in [6.07, 6.45) is 5.28. The largest absolute Gasteiger partial charge is 0.383 e. The van der Waals surface area contributed by atoms with Crippen LogP contribution >= 0.6 is 11.8 Å². The van der Waals surface area contributed by atoms with E-state index in [9.17, 15) is 8.78 Å². The number of nitrogen functional groups attached to an aromatic ring is 1. The average molecular weight is 346 g/mol. The van der Waals surface area contributed by atoms with Crippen LogP contribution in [0.4, 0.5) is 14.6 Å². The number of aryl methyl sites for hydroxylation is 1. The molecule has 124 valence electrons. The Balaban J connectivity index is 1.90. The van der Waals surface area contributed by atoms with Gasteiger partial charge in [0.05, 0.1) is 11.1 Å². The minimum atomic E-state index is -0.852. The van der Waals surface area contributed by atoms with Crippen LogP contribution in [0, 0.1) is 11.6 Å². The number of halogens is 2. The third kappa shape index (κ3) is 3.26. The number of nitrogens with zero attached hydrogens (tertiary/aromatic N) is 3. The highest BCUT2D eigenvalue weighted by Crippen LogP contribution is 2.39. The Morgan fingerprint density at radius 3 is 2.71 bits per heavy atom. The lowest BCUT2D eigenvalue weighted by Gasteiger charge is -2.14. The van der Waals surface area contributed by atoms with Gasteiger partial charge in [-0.25, -0.2) is 13.8 Å². The fraction of sp³-hybridized carbons (Fsp3) is 0.176. The van der Waals surface area contributed by atoms with E-state index in [2.05, 4.69) is 10.1 Å². The SMILES string of the molecule is CC(Sc1cc(-c2cnn(C)c2)cnc1N)c1cccc(F)c1F. The highest BCUT2D eigenvalue weighted by Gasteiger charge is 2.17. The van der Waals surface area contributed by atoms with Gasteiger partial charge < -0.3 is 5.73 Å². The summed E-state index contributed by atoms with van der Waals surface area (Å²) in [6.45, 7) is 1.80. The second kappa shape index (κ2) is 6.60. The first-order valence-corrected chi connectivity index (χ1v) is 8.18. The van der Waals surface area contributed by atoms with Crippen LogP contribution < -0.4 is 5.73 Å². The summed E-state index contributed by atoms with van der Waals surface area (Å²) in [7, 11) is 1.83. The Morgan fingerprint density at radius 2 is 2.00 bits per heavy atom. The van der Waals surface area contributed by atoms with E-state index in [-0.39, 0.29) is 5.25 Å². The topological polar surface area (TPSA) is 56.7 Å². The summed E-state index contributed by atoms with van der Waals surface area (Å²) in [5, 5.41) is 3.82. The van der Waals surface area contributed by atoms with Crippen LogP contribution in [0.25, 0.3) is 11.1 Å². The molecule has 2 aromatic heterocycles. The molecule has 24 heavy (non-hydrogen) atoms. The first-order chi connectivity index (χ1) is 11.5. The Kier molecular flexibility index (Phi) is 4.53. The summed E-state index contributed by atoms with van der Waals surface area (Å²) >= 11 is 1.34. The molecule has 0 amide bonds. The van der Waals surface area contributed by atoms with Crippen molar-refractivity contribution >= 4 is 17.6 Å². The fourth-order valence-electron chi connectivity index (χ4n) is 2.37. The molecule has 2 heterocycles. The van der Waals surface area contributed by atoms with Crippen LogP contribution in [0.5, 0.6) is 0 Å². The van der Waals surface area contributed by atoms with Gasteiger partial charge in [0.25, 0.3) is 0 Å². The zero-order valence-corrected chi connectivity index (χ0v) is 14.0. The molecule has 0 spiro atoms. The van der Waals surface area contributed by atoms with Crippen LogP contribution in [0.3, 0.4) is 0 Å². The molecule has 0 aliphatic heterocycles. The van der Waals surface area contributed by atoms with Gasteiger partial charge in [0.1, 0.15) is 5.82 Å². The summed E-state index contributed by atoms with van der Waals surface area (Å²) in [4.78, 5) is 4.92. The molecule has 7 heteroatoms. The van der Waals surface area contributed by atoms with Crippen LogP contribution in [0.15, 0.2) is 47.8 Å². The summed E-state index contributed by atoms with van der Waals surface area (Å²) in [5.74, 6) is -1.32. The molecule has 0 aliphatic carbocycles. The Labute approximate surface area is 142 Å².